The Balaban J connectivity index is 2.41. The number of primary amides is 1. The molecule has 3 N–H and O–H groups in total. The van der Waals surface area contributed by atoms with E-state index >= 15 is 0 Å². The van der Waals surface area contributed by atoms with Gasteiger partial charge in [0.05, 0.1) is 11.3 Å². The maximum Gasteiger partial charge on any atom is 0.253 e. The predicted octanol–water partition coefficient (Wildman–Crippen LogP) is 1.11. The molecule has 0 saturated carbocycles. The highest BCUT2D eigenvalue weighted by atomic mass is 19.1. The van der Waals surface area contributed by atoms with E-state index in [1.54, 1.807) is 12.1 Å². The molecule has 1 aromatic carbocycles. The van der Waals surface area contributed by atoms with E-state index in [1.807, 2.05) is 11.8 Å². The maximum atomic E-state index is 13.7. The molecule has 0 aliphatic carbocycles. The van der Waals surface area contributed by atoms with Crippen LogP contribution in [0.3, 0.4) is 0 Å². The van der Waals surface area contributed by atoms with Crippen LogP contribution in [0.4, 0.5) is 10.1 Å². The average Bonchev–Trinajstić information content (AvgIpc) is 2.83. The van der Waals surface area contributed by atoms with Crippen LogP contribution >= 0.6 is 0 Å². The van der Waals surface area contributed by atoms with E-state index in [9.17, 15) is 9.18 Å². The Kier molecular flexibility index (Phi) is 3.81. The first-order chi connectivity index (χ1) is 8.65. The maximum absolute atomic E-state index is 13.7. The lowest BCUT2D eigenvalue weighted by Crippen LogP contribution is -2.38. The Morgan fingerprint density at radius 1 is 1.61 bits per heavy atom. The summed E-state index contributed by atoms with van der Waals surface area (Å²) in [4.78, 5) is 13.5. The van der Waals surface area contributed by atoms with Gasteiger partial charge < -0.3 is 16.0 Å². The zero-order valence-corrected chi connectivity index (χ0v) is 10.4. The molecular formula is C13H18FN3O. The van der Waals surface area contributed by atoms with Crippen LogP contribution in [0, 0.1) is 5.82 Å². The second-order valence-electron chi connectivity index (χ2n) is 4.43. The summed E-state index contributed by atoms with van der Waals surface area (Å²) < 4.78 is 13.7. The Bertz CT molecular complexity index is 444. The number of benzene rings is 1. The van der Waals surface area contributed by atoms with Crippen molar-refractivity contribution in [3.05, 3.63) is 29.6 Å². The molecule has 0 bridgehead atoms. The number of nitrogens with zero attached hydrogens (tertiary/aromatic N) is 1. The van der Waals surface area contributed by atoms with Crippen LogP contribution in [0.2, 0.25) is 0 Å². The summed E-state index contributed by atoms with van der Waals surface area (Å²) in [5, 5.41) is 3.27. The third-order valence-electron chi connectivity index (χ3n) is 3.36. The van der Waals surface area contributed by atoms with Gasteiger partial charge in [-0.15, -0.1) is 0 Å². The number of likely N-dealkylation sites (N-methyl/N-ethyl adjacent to an activating group) is 1. The Labute approximate surface area is 106 Å². The standard InChI is InChI=1S/C13H18FN3O/c1-2-17(9-6-7-16-8-9)11-5-3-4-10(14)12(11)13(15)18/h3-5,9,16H,2,6-8H2,1H3,(H2,15,18). The van der Waals surface area contributed by atoms with E-state index in [1.165, 1.54) is 6.07 Å². The molecule has 98 valence electrons. The highest BCUT2D eigenvalue weighted by molar-refractivity contribution is 5.99. The zero-order valence-electron chi connectivity index (χ0n) is 10.4. The second-order valence-corrected chi connectivity index (χ2v) is 4.43. The number of anilines is 1. The molecule has 2 rings (SSSR count). The third kappa shape index (κ3) is 2.31. The SMILES string of the molecule is CCN(c1cccc(F)c1C(N)=O)C1CCNC1. The van der Waals surface area contributed by atoms with Crippen LogP contribution < -0.4 is 16.0 Å². The first kappa shape index (κ1) is 12.8. The minimum atomic E-state index is -0.715. The van der Waals surface area contributed by atoms with Gasteiger partial charge in [-0.05, 0) is 32.0 Å². The fourth-order valence-electron chi connectivity index (χ4n) is 2.53. The van der Waals surface area contributed by atoms with Crippen molar-refractivity contribution < 1.29 is 9.18 Å². The molecule has 1 atom stereocenters. The Hall–Kier alpha value is -1.62. The molecule has 1 aliphatic rings. The summed E-state index contributed by atoms with van der Waals surface area (Å²) in [6, 6.07) is 4.92. The quantitative estimate of drug-likeness (QED) is 0.843. The van der Waals surface area contributed by atoms with Crippen LogP contribution in [0.15, 0.2) is 18.2 Å². The van der Waals surface area contributed by atoms with Crippen LogP contribution in [0.1, 0.15) is 23.7 Å². The lowest BCUT2D eigenvalue weighted by Gasteiger charge is -2.30. The van der Waals surface area contributed by atoms with Crippen molar-refractivity contribution in [3.8, 4) is 0 Å². The van der Waals surface area contributed by atoms with Gasteiger partial charge in [0, 0.05) is 19.1 Å². The number of carbonyl (C=O) groups is 1. The molecule has 18 heavy (non-hydrogen) atoms. The van der Waals surface area contributed by atoms with Gasteiger partial charge in [-0.1, -0.05) is 6.07 Å². The van der Waals surface area contributed by atoms with Crippen molar-refractivity contribution in [1.82, 2.24) is 5.32 Å². The van der Waals surface area contributed by atoms with Gasteiger partial charge in [-0.25, -0.2) is 4.39 Å². The molecular weight excluding hydrogens is 233 g/mol. The Morgan fingerprint density at radius 3 is 2.94 bits per heavy atom. The zero-order chi connectivity index (χ0) is 13.1. The molecule has 4 nitrogen and oxygen atoms in total. The predicted molar refractivity (Wildman–Crippen MR) is 69.2 cm³/mol. The van der Waals surface area contributed by atoms with E-state index in [-0.39, 0.29) is 11.6 Å². The number of halogens is 1. The summed E-state index contributed by atoms with van der Waals surface area (Å²) in [6.45, 7) is 4.51. The van der Waals surface area contributed by atoms with Crippen LogP contribution in [-0.4, -0.2) is 31.6 Å². The molecule has 1 heterocycles. The van der Waals surface area contributed by atoms with Crippen molar-refractivity contribution >= 4 is 11.6 Å². The number of hydrogen-bond donors (Lipinski definition) is 2. The minimum Gasteiger partial charge on any atom is -0.367 e. The topological polar surface area (TPSA) is 58.4 Å². The van der Waals surface area contributed by atoms with Gasteiger partial charge in [0.2, 0.25) is 0 Å². The Morgan fingerprint density at radius 2 is 2.39 bits per heavy atom. The minimum absolute atomic E-state index is 0.00810. The van der Waals surface area contributed by atoms with Crippen LogP contribution in [-0.2, 0) is 0 Å². The number of amides is 1. The van der Waals surface area contributed by atoms with Crippen molar-refractivity contribution in [2.75, 3.05) is 24.5 Å². The number of nitrogens with one attached hydrogen (secondary N) is 1. The van der Waals surface area contributed by atoms with Gasteiger partial charge in [-0.2, -0.15) is 0 Å². The van der Waals surface area contributed by atoms with Gasteiger partial charge in [0.1, 0.15) is 5.82 Å². The lowest BCUT2D eigenvalue weighted by atomic mass is 10.1. The highest BCUT2D eigenvalue weighted by Gasteiger charge is 2.25. The van der Waals surface area contributed by atoms with Gasteiger partial charge >= 0.3 is 0 Å². The molecule has 0 radical (unpaired) electrons. The first-order valence-electron chi connectivity index (χ1n) is 6.20. The molecule has 5 heteroatoms. The summed E-state index contributed by atoms with van der Waals surface area (Å²) >= 11 is 0. The second kappa shape index (κ2) is 5.35. The third-order valence-corrected chi connectivity index (χ3v) is 3.36. The van der Waals surface area contributed by atoms with Gasteiger partial charge in [0.15, 0.2) is 0 Å². The van der Waals surface area contributed by atoms with Crippen LogP contribution in [0.5, 0.6) is 0 Å². The lowest BCUT2D eigenvalue weighted by molar-refractivity contribution is 0.0997. The molecule has 1 unspecified atom stereocenters. The normalized spacial score (nSPS) is 18.9. The fourth-order valence-corrected chi connectivity index (χ4v) is 2.53. The molecule has 1 aliphatic heterocycles. The molecule has 0 aromatic heterocycles. The molecule has 1 saturated heterocycles. The van der Waals surface area contributed by atoms with E-state index in [0.717, 1.165) is 26.1 Å². The summed E-state index contributed by atoms with van der Waals surface area (Å²) in [6.07, 6.45) is 0.989. The number of nitrogens with two attached hydrogens (primary N) is 1. The molecule has 0 spiro atoms. The average molecular weight is 251 g/mol. The van der Waals surface area contributed by atoms with Crippen molar-refractivity contribution in [2.24, 2.45) is 5.73 Å². The molecule has 1 aromatic rings. The van der Waals surface area contributed by atoms with Crippen molar-refractivity contribution in [2.45, 2.75) is 19.4 Å². The monoisotopic (exact) mass is 251 g/mol. The van der Waals surface area contributed by atoms with E-state index in [0.29, 0.717) is 5.69 Å². The number of carbonyl (C=O) groups excluding carboxylic acids is 1. The van der Waals surface area contributed by atoms with E-state index in [4.69, 9.17) is 5.73 Å². The summed E-state index contributed by atoms with van der Waals surface area (Å²) in [7, 11) is 0. The number of hydrogen-bond acceptors (Lipinski definition) is 3. The molecule has 1 fully saturated rings. The summed E-state index contributed by atoms with van der Waals surface area (Å²) in [5.74, 6) is -1.27. The first-order valence-corrected chi connectivity index (χ1v) is 6.20. The van der Waals surface area contributed by atoms with Crippen LogP contribution in [0.25, 0.3) is 0 Å². The van der Waals surface area contributed by atoms with Crippen molar-refractivity contribution in [3.63, 3.8) is 0 Å². The number of rotatable bonds is 4. The van der Waals surface area contributed by atoms with Crippen molar-refractivity contribution in [1.29, 1.82) is 0 Å². The largest absolute Gasteiger partial charge is 0.367 e. The van der Waals surface area contributed by atoms with E-state index in [2.05, 4.69) is 5.32 Å². The highest BCUT2D eigenvalue weighted by Crippen LogP contribution is 2.26. The van der Waals surface area contributed by atoms with E-state index < -0.39 is 11.7 Å². The summed E-state index contributed by atoms with van der Waals surface area (Å²) in [5.41, 5.74) is 5.87. The van der Waals surface area contributed by atoms with Gasteiger partial charge in [0.25, 0.3) is 5.91 Å². The molecule has 1 amide bonds. The fraction of sp³-hybridized carbons (Fsp3) is 0.462. The van der Waals surface area contributed by atoms with Gasteiger partial charge in [-0.3, -0.25) is 4.79 Å². The smallest absolute Gasteiger partial charge is 0.253 e.